The van der Waals surface area contributed by atoms with Gasteiger partial charge in [0.05, 0.1) is 17.7 Å². The lowest BCUT2D eigenvalue weighted by molar-refractivity contribution is 0.505. The molecule has 2 heterocycles. The molecule has 4 N–H and O–H groups in total. The fourth-order valence-corrected chi connectivity index (χ4v) is 4.61. The number of aromatic amines is 1. The van der Waals surface area contributed by atoms with Gasteiger partial charge in [0.15, 0.2) is 0 Å². The van der Waals surface area contributed by atoms with E-state index < -0.39 is 19.9 Å². The van der Waals surface area contributed by atoms with Crippen LogP contribution in [0.15, 0.2) is 11.1 Å². The van der Waals surface area contributed by atoms with Gasteiger partial charge in [-0.2, -0.15) is 5.10 Å². The van der Waals surface area contributed by atoms with Gasteiger partial charge in [0, 0.05) is 6.04 Å². The van der Waals surface area contributed by atoms with Crippen LogP contribution in [0.4, 0.5) is 5.82 Å². The molecule has 10 heteroatoms. The first-order valence-corrected chi connectivity index (χ1v) is 8.62. The van der Waals surface area contributed by atoms with Gasteiger partial charge in [0.25, 0.3) is 0 Å². The topological polar surface area (TPSA) is 135 Å². The van der Waals surface area contributed by atoms with Crippen LogP contribution >= 0.6 is 0 Å². The van der Waals surface area contributed by atoms with Gasteiger partial charge in [-0.15, -0.1) is 0 Å². The highest BCUT2D eigenvalue weighted by atomic mass is 32.2. The molecule has 1 aromatic heterocycles. The lowest BCUT2D eigenvalue weighted by Gasteiger charge is -2.22. The van der Waals surface area contributed by atoms with E-state index in [9.17, 15) is 16.8 Å². The Morgan fingerprint density at radius 1 is 1.39 bits per heavy atom. The van der Waals surface area contributed by atoms with Crippen LogP contribution in [0, 0.1) is 0 Å². The largest absolute Gasteiger partial charge is 0.383 e. The fourth-order valence-electron chi connectivity index (χ4n) is 1.79. The van der Waals surface area contributed by atoms with Crippen LogP contribution in [0.5, 0.6) is 0 Å². The molecule has 1 saturated heterocycles. The number of anilines is 1. The number of nitrogen functional groups attached to an aromatic ring is 1. The van der Waals surface area contributed by atoms with Crippen LogP contribution in [0.1, 0.15) is 12.8 Å². The van der Waals surface area contributed by atoms with Crippen LogP contribution in [0.25, 0.3) is 0 Å². The summed E-state index contributed by atoms with van der Waals surface area (Å²) in [6.45, 7) is 0. The van der Waals surface area contributed by atoms with E-state index in [0.717, 1.165) is 6.20 Å². The molecule has 0 bridgehead atoms. The molecule has 0 saturated carbocycles. The number of sulfone groups is 1. The highest BCUT2D eigenvalue weighted by molar-refractivity contribution is 7.91. The molecule has 1 fully saturated rings. The maximum atomic E-state index is 11.9. The predicted octanol–water partition coefficient (Wildman–Crippen LogP) is -1.15. The SMILES string of the molecule is Nc1[nH]ncc1S(=O)(=O)NC1CCS(=O)(=O)CC1. The Morgan fingerprint density at radius 3 is 2.50 bits per heavy atom. The summed E-state index contributed by atoms with van der Waals surface area (Å²) in [5.41, 5.74) is 5.44. The number of aromatic nitrogens is 2. The van der Waals surface area contributed by atoms with Gasteiger partial charge in [-0.1, -0.05) is 0 Å². The van der Waals surface area contributed by atoms with Gasteiger partial charge in [0.2, 0.25) is 10.0 Å². The second kappa shape index (κ2) is 4.52. The van der Waals surface area contributed by atoms with E-state index in [-0.39, 0.29) is 41.1 Å². The van der Waals surface area contributed by atoms with Crippen molar-refractivity contribution in [1.29, 1.82) is 0 Å². The minimum Gasteiger partial charge on any atom is -0.383 e. The lowest BCUT2D eigenvalue weighted by Crippen LogP contribution is -2.40. The zero-order valence-corrected chi connectivity index (χ0v) is 11.1. The van der Waals surface area contributed by atoms with E-state index in [2.05, 4.69) is 14.9 Å². The summed E-state index contributed by atoms with van der Waals surface area (Å²) in [7, 11) is -6.76. The first kappa shape index (κ1) is 13.3. The summed E-state index contributed by atoms with van der Waals surface area (Å²) in [6, 6.07) is -0.382. The van der Waals surface area contributed by atoms with E-state index in [4.69, 9.17) is 5.73 Å². The minimum absolute atomic E-state index is 0.00105. The van der Waals surface area contributed by atoms with Crippen LogP contribution in [-0.4, -0.2) is 44.6 Å². The molecule has 0 atom stereocenters. The van der Waals surface area contributed by atoms with Crippen molar-refractivity contribution in [1.82, 2.24) is 14.9 Å². The number of nitrogens with one attached hydrogen (secondary N) is 2. The van der Waals surface area contributed by atoms with Gasteiger partial charge >= 0.3 is 0 Å². The van der Waals surface area contributed by atoms with Gasteiger partial charge < -0.3 is 5.73 Å². The third-order valence-corrected chi connectivity index (χ3v) is 6.06. The van der Waals surface area contributed by atoms with Crippen molar-refractivity contribution in [2.24, 2.45) is 0 Å². The second-order valence-electron chi connectivity index (χ2n) is 4.20. The lowest BCUT2D eigenvalue weighted by atomic mass is 10.2. The highest BCUT2D eigenvalue weighted by Crippen LogP contribution is 2.18. The monoisotopic (exact) mass is 294 g/mol. The Hall–Kier alpha value is -1.13. The van der Waals surface area contributed by atoms with Crippen molar-refractivity contribution in [3.8, 4) is 0 Å². The van der Waals surface area contributed by atoms with Crippen molar-refractivity contribution in [3.05, 3.63) is 6.20 Å². The van der Waals surface area contributed by atoms with Gasteiger partial charge in [0.1, 0.15) is 20.6 Å². The summed E-state index contributed by atoms with van der Waals surface area (Å²) in [5, 5.41) is 5.88. The summed E-state index contributed by atoms with van der Waals surface area (Å²) >= 11 is 0. The number of rotatable bonds is 3. The van der Waals surface area contributed by atoms with Crippen molar-refractivity contribution in [2.45, 2.75) is 23.8 Å². The van der Waals surface area contributed by atoms with E-state index in [1.165, 1.54) is 0 Å². The fraction of sp³-hybridized carbons (Fsp3) is 0.625. The van der Waals surface area contributed by atoms with Crippen molar-refractivity contribution >= 4 is 25.7 Å². The molecule has 1 aliphatic heterocycles. The van der Waals surface area contributed by atoms with Crippen molar-refractivity contribution in [2.75, 3.05) is 17.2 Å². The Bertz CT molecular complexity index is 620. The third kappa shape index (κ3) is 2.82. The van der Waals surface area contributed by atoms with Crippen molar-refractivity contribution in [3.63, 3.8) is 0 Å². The zero-order valence-electron chi connectivity index (χ0n) is 9.46. The smallest absolute Gasteiger partial charge is 0.246 e. The molecule has 0 aromatic carbocycles. The van der Waals surface area contributed by atoms with Crippen LogP contribution in [0.2, 0.25) is 0 Å². The number of nitrogens with two attached hydrogens (primary N) is 1. The quantitative estimate of drug-likeness (QED) is 0.644. The zero-order chi connectivity index (χ0) is 13.4. The standard InChI is InChI=1S/C8H14N4O4S2/c9-8-7(5-10-11-8)18(15,16)12-6-1-3-17(13,14)4-2-6/h5-6,12H,1-4H2,(H3,9,10,11). The van der Waals surface area contributed by atoms with E-state index >= 15 is 0 Å². The summed E-state index contributed by atoms with van der Waals surface area (Å²) < 4.78 is 48.8. The molecule has 1 aromatic rings. The van der Waals surface area contributed by atoms with Gasteiger partial charge in [-0.3, -0.25) is 5.10 Å². The van der Waals surface area contributed by atoms with Crippen LogP contribution in [0.3, 0.4) is 0 Å². The third-order valence-electron chi connectivity index (χ3n) is 2.80. The number of nitrogens with zero attached hydrogens (tertiary/aromatic N) is 1. The molecule has 2 rings (SSSR count). The Labute approximate surface area is 105 Å². The molecule has 102 valence electrons. The Kier molecular flexibility index (Phi) is 3.34. The first-order chi connectivity index (χ1) is 8.30. The minimum atomic E-state index is -3.75. The molecule has 1 aliphatic rings. The Morgan fingerprint density at radius 2 is 2.00 bits per heavy atom. The predicted molar refractivity (Wildman–Crippen MR) is 65.0 cm³/mol. The van der Waals surface area contributed by atoms with Crippen molar-refractivity contribution < 1.29 is 16.8 Å². The molecule has 8 nitrogen and oxygen atoms in total. The van der Waals surface area contributed by atoms with Crippen LogP contribution < -0.4 is 10.5 Å². The maximum absolute atomic E-state index is 11.9. The summed E-state index contributed by atoms with van der Waals surface area (Å²) in [6.07, 6.45) is 1.68. The van der Waals surface area contributed by atoms with Gasteiger partial charge in [-0.05, 0) is 12.8 Å². The molecular formula is C8H14N4O4S2. The normalized spacial score (nSPS) is 20.9. The van der Waals surface area contributed by atoms with E-state index in [1.807, 2.05) is 0 Å². The average molecular weight is 294 g/mol. The number of hydrogen-bond acceptors (Lipinski definition) is 6. The summed E-state index contributed by atoms with van der Waals surface area (Å²) in [4.78, 5) is -0.115. The second-order valence-corrected chi connectivity index (χ2v) is 8.18. The molecule has 0 spiro atoms. The molecule has 0 radical (unpaired) electrons. The molecule has 0 unspecified atom stereocenters. The summed E-state index contributed by atoms with van der Waals surface area (Å²) in [5.74, 6) is -0.0341. The number of H-pyrrole nitrogens is 1. The maximum Gasteiger partial charge on any atom is 0.246 e. The van der Waals surface area contributed by atoms with Crippen LogP contribution in [-0.2, 0) is 19.9 Å². The number of sulfonamides is 1. The van der Waals surface area contributed by atoms with E-state index in [0.29, 0.717) is 0 Å². The Balaban J connectivity index is 2.09. The van der Waals surface area contributed by atoms with E-state index in [1.54, 1.807) is 0 Å². The first-order valence-electron chi connectivity index (χ1n) is 5.32. The molecular weight excluding hydrogens is 280 g/mol. The molecule has 0 aliphatic carbocycles. The number of hydrogen-bond donors (Lipinski definition) is 3. The average Bonchev–Trinajstić information content (AvgIpc) is 2.68. The van der Waals surface area contributed by atoms with Gasteiger partial charge in [-0.25, -0.2) is 21.6 Å². The molecule has 18 heavy (non-hydrogen) atoms. The molecule has 0 amide bonds. The highest BCUT2D eigenvalue weighted by Gasteiger charge is 2.28.